The topological polar surface area (TPSA) is 60.7 Å². The Labute approximate surface area is 178 Å². The van der Waals surface area contributed by atoms with Crippen molar-refractivity contribution in [3.8, 4) is 5.88 Å². The van der Waals surface area contributed by atoms with Crippen LogP contribution in [0.1, 0.15) is 16.7 Å². The molecule has 0 saturated heterocycles. The zero-order valence-corrected chi connectivity index (χ0v) is 16.5. The molecule has 3 aromatic carbocycles. The molecular weight excluding hydrogens is 427 g/mol. The Bertz CT molecular complexity index is 1490. The van der Waals surface area contributed by atoms with Crippen LogP contribution in [0.5, 0.6) is 5.88 Å². The molecule has 4 aromatic rings. The number of alkyl halides is 3. The lowest BCUT2D eigenvalue weighted by atomic mass is 10.1. The zero-order valence-electron chi connectivity index (χ0n) is 15.7. The maximum atomic E-state index is 12.8. The molecule has 0 aliphatic carbocycles. The third kappa shape index (κ3) is 3.57. The van der Waals surface area contributed by atoms with Crippen LogP contribution in [0, 0.1) is 0 Å². The highest BCUT2D eigenvalue weighted by molar-refractivity contribution is 6.31. The van der Waals surface area contributed by atoms with Crippen LogP contribution < -0.4 is 10.6 Å². The fraction of sp³-hybridized carbons (Fsp3) is 0.0435. The summed E-state index contributed by atoms with van der Waals surface area (Å²) in [5, 5.41) is 13.0. The summed E-state index contributed by atoms with van der Waals surface area (Å²) >= 11 is 6.09. The lowest BCUT2D eigenvalue weighted by Crippen LogP contribution is -2.07. The molecule has 0 spiro atoms. The highest BCUT2D eigenvalue weighted by atomic mass is 35.5. The van der Waals surface area contributed by atoms with Gasteiger partial charge in [-0.1, -0.05) is 29.8 Å². The van der Waals surface area contributed by atoms with E-state index in [0.717, 1.165) is 28.3 Å². The van der Waals surface area contributed by atoms with Crippen LogP contribution in [0.2, 0.25) is 5.02 Å². The van der Waals surface area contributed by atoms with E-state index in [2.05, 4.69) is 15.0 Å². The number of rotatable bonds is 2. The Morgan fingerprint density at radius 1 is 0.935 bits per heavy atom. The molecule has 0 bridgehead atoms. The van der Waals surface area contributed by atoms with Gasteiger partial charge in [0.05, 0.1) is 16.6 Å². The van der Waals surface area contributed by atoms with Crippen molar-refractivity contribution in [2.24, 2.45) is 9.98 Å². The van der Waals surface area contributed by atoms with E-state index >= 15 is 0 Å². The second-order valence-corrected chi connectivity index (χ2v) is 7.53. The van der Waals surface area contributed by atoms with Gasteiger partial charge >= 0.3 is 6.18 Å². The molecule has 8 heteroatoms. The Kier molecular flexibility index (Phi) is 4.37. The van der Waals surface area contributed by atoms with E-state index in [1.165, 1.54) is 12.1 Å². The SMILES string of the molecule is Oc1[nH]c2ccc(Cl)cc2c1/C=c1/ccc2c(c1)N=C(c1ccc(C(F)(F)F)cc1)N=2. The van der Waals surface area contributed by atoms with Crippen molar-refractivity contribution in [2.45, 2.75) is 6.18 Å². The van der Waals surface area contributed by atoms with E-state index in [0.29, 0.717) is 33.0 Å². The minimum Gasteiger partial charge on any atom is -0.494 e. The van der Waals surface area contributed by atoms with Crippen molar-refractivity contribution >= 4 is 40.1 Å². The Morgan fingerprint density at radius 2 is 1.71 bits per heavy atom. The number of aromatic nitrogens is 1. The molecule has 0 amide bonds. The second-order valence-electron chi connectivity index (χ2n) is 7.09. The Hall–Kier alpha value is -3.58. The number of aromatic amines is 1. The van der Waals surface area contributed by atoms with Gasteiger partial charge in [0.1, 0.15) is 0 Å². The minimum absolute atomic E-state index is 0.0244. The molecule has 1 aliphatic rings. The number of aliphatic imine (C=N–C) groups is 1. The van der Waals surface area contributed by atoms with Gasteiger partial charge in [0, 0.05) is 27.1 Å². The molecule has 1 aliphatic heterocycles. The number of halogens is 4. The van der Waals surface area contributed by atoms with Gasteiger partial charge in [0.15, 0.2) is 11.7 Å². The van der Waals surface area contributed by atoms with Gasteiger partial charge in [0.25, 0.3) is 0 Å². The molecule has 0 unspecified atom stereocenters. The number of H-pyrrole nitrogens is 1. The smallest absolute Gasteiger partial charge is 0.416 e. The van der Waals surface area contributed by atoms with Crippen LogP contribution in [-0.4, -0.2) is 15.9 Å². The summed E-state index contributed by atoms with van der Waals surface area (Å²) in [5.41, 5.74) is 1.73. The summed E-state index contributed by atoms with van der Waals surface area (Å²) < 4.78 is 38.3. The number of nitrogens with zero attached hydrogens (tertiary/aromatic N) is 2. The summed E-state index contributed by atoms with van der Waals surface area (Å²) in [5.74, 6) is 0.374. The summed E-state index contributed by atoms with van der Waals surface area (Å²) in [6, 6.07) is 15.4. The van der Waals surface area contributed by atoms with Crippen LogP contribution in [0.15, 0.2) is 70.6 Å². The third-order valence-corrected chi connectivity index (χ3v) is 5.25. The fourth-order valence-electron chi connectivity index (χ4n) is 3.49. The highest BCUT2D eigenvalue weighted by Gasteiger charge is 2.30. The van der Waals surface area contributed by atoms with Gasteiger partial charge in [-0.05, 0) is 53.8 Å². The van der Waals surface area contributed by atoms with E-state index in [1.807, 2.05) is 6.07 Å². The van der Waals surface area contributed by atoms with Crippen LogP contribution in [0.25, 0.3) is 17.0 Å². The summed E-state index contributed by atoms with van der Waals surface area (Å²) in [6.07, 6.45) is -2.59. The Morgan fingerprint density at radius 3 is 2.45 bits per heavy atom. The number of nitrogens with one attached hydrogen (secondary N) is 1. The molecule has 1 aromatic heterocycles. The molecule has 5 rings (SSSR count). The van der Waals surface area contributed by atoms with E-state index in [4.69, 9.17) is 11.6 Å². The van der Waals surface area contributed by atoms with Crippen molar-refractivity contribution in [3.05, 3.63) is 93.0 Å². The fourth-order valence-corrected chi connectivity index (χ4v) is 3.66. The molecule has 0 atom stereocenters. The van der Waals surface area contributed by atoms with Gasteiger partial charge in [-0.2, -0.15) is 13.2 Å². The van der Waals surface area contributed by atoms with Crippen molar-refractivity contribution < 1.29 is 18.3 Å². The average Bonchev–Trinajstić information content (AvgIpc) is 3.28. The first-order valence-electron chi connectivity index (χ1n) is 9.25. The lowest BCUT2D eigenvalue weighted by molar-refractivity contribution is -0.137. The molecule has 4 nitrogen and oxygen atoms in total. The first-order valence-corrected chi connectivity index (χ1v) is 9.63. The first-order chi connectivity index (χ1) is 14.8. The van der Waals surface area contributed by atoms with Gasteiger partial charge < -0.3 is 10.1 Å². The van der Waals surface area contributed by atoms with E-state index in [9.17, 15) is 18.3 Å². The monoisotopic (exact) mass is 439 g/mol. The molecule has 154 valence electrons. The summed E-state index contributed by atoms with van der Waals surface area (Å²) in [6.45, 7) is 0. The van der Waals surface area contributed by atoms with Gasteiger partial charge in [-0.3, -0.25) is 0 Å². The molecular formula is C23H13ClF3N3O. The van der Waals surface area contributed by atoms with Crippen molar-refractivity contribution in [3.63, 3.8) is 0 Å². The Balaban J connectivity index is 1.53. The van der Waals surface area contributed by atoms with Crippen LogP contribution >= 0.6 is 11.6 Å². The van der Waals surface area contributed by atoms with Crippen molar-refractivity contribution in [1.29, 1.82) is 0 Å². The lowest BCUT2D eigenvalue weighted by Gasteiger charge is -2.06. The molecule has 0 saturated carbocycles. The normalized spacial score (nSPS) is 13.9. The first kappa shape index (κ1) is 19.4. The maximum absolute atomic E-state index is 12.8. The number of benzene rings is 3. The van der Waals surface area contributed by atoms with Crippen molar-refractivity contribution in [1.82, 2.24) is 4.98 Å². The second kappa shape index (κ2) is 6.99. The van der Waals surface area contributed by atoms with Gasteiger partial charge in [-0.15, -0.1) is 0 Å². The quantitative estimate of drug-likeness (QED) is 0.449. The summed E-state index contributed by atoms with van der Waals surface area (Å²) in [7, 11) is 0. The van der Waals surface area contributed by atoms with E-state index < -0.39 is 11.7 Å². The number of aromatic hydroxyl groups is 1. The van der Waals surface area contributed by atoms with Crippen molar-refractivity contribution in [2.75, 3.05) is 0 Å². The average molecular weight is 440 g/mol. The molecule has 2 N–H and O–H groups in total. The predicted octanol–water partition coefficient (Wildman–Crippen LogP) is 5.09. The van der Waals surface area contributed by atoms with E-state index in [-0.39, 0.29) is 5.88 Å². The number of fused-ring (bicyclic) bond motifs is 2. The van der Waals surface area contributed by atoms with Crippen LogP contribution in [0.4, 0.5) is 18.9 Å². The summed E-state index contributed by atoms with van der Waals surface area (Å²) in [4.78, 5) is 11.8. The van der Waals surface area contributed by atoms with Crippen LogP contribution in [0.3, 0.4) is 0 Å². The van der Waals surface area contributed by atoms with Gasteiger partial charge in [0.2, 0.25) is 0 Å². The zero-order chi connectivity index (χ0) is 21.8. The highest BCUT2D eigenvalue weighted by Crippen LogP contribution is 2.31. The maximum Gasteiger partial charge on any atom is 0.416 e. The predicted molar refractivity (Wildman–Crippen MR) is 113 cm³/mol. The minimum atomic E-state index is -4.39. The largest absolute Gasteiger partial charge is 0.494 e. The molecule has 0 radical (unpaired) electrons. The number of hydrogen-bond acceptors (Lipinski definition) is 3. The molecule has 2 heterocycles. The number of amidine groups is 1. The standard InChI is InChI=1S/C23H13ClF3N3O/c24-15-6-8-18-16(11-15)17(22(31)30-18)9-12-1-7-19-20(10-12)29-21(28-19)13-2-4-14(5-3-13)23(25,26)27/h1-11,30-31H/b12-9-. The number of hydrogen-bond donors (Lipinski definition) is 2. The van der Waals surface area contributed by atoms with E-state index in [1.54, 1.807) is 36.4 Å². The van der Waals surface area contributed by atoms with Gasteiger partial charge in [-0.25, -0.2) is 9.98 Å². The van der Waals surface area contributed by atoms with Crippen LogP contribution in [-0.2, 0) is 6.18 Å². The third-order valence-electron chi connectivity index (χ3n) is 5.01. The molecule has 31 heavy (non-hydrogen) atoms. The molecule has 0 fully saturated rings.